The van der Waals surface area contributed by atoms with Gasteiger partial charge in [0.05, 0.1) is 4.88 Å². The zero-order chi connectivity index (χ0) is 17.8. The van der Waals surface area contributed by atoms with Crippen molar-refractivity contribution in [3.63, 3.8) is 0 Å². The van der Waals surface area contributed by atoms with Crippen LogP contribution in [0.2, 0.25) is 0 Å². The van der Waals surface area contributed by atoms with Crippen LogP contribution in [0.3, 0.4) is 0 Å². The molecule has 0 radical (unpaired) electrons. The zero-order valence-corrected chi connectivity index (χ0v) is 13.6. The Morgan fingerprint density at radius 2 is 1.71 bits per heavy atom. The molecule has 1 aromatic heterocycles. The maximum atomic E-state index is 9.55. The van der Waals surface area contributed by atoms with E-state index in [1.165, 1.54) is 5.56 Å². The molecule has 0 saturated heterocycles. The number of benzene rings is 1. The van der Waals surface area contributed by atoms with Crippen molar-refractivity contribution < 1.29 is 19.8 Å². The molecule has 0 atom stereocenters. The van der Waals surface area contributed by atoms with Crippen LogP contribution in [-0.4, -0.2) is 28.7 Å². The molecule has 0 amide bonds. The monoisotopic (exact) mass is 343 g/mol. The van der Waals surface area contributed by atoms with Crippen LogP contribution in [0.25, 0.3) is 0 Å². The second-order valence-corrected chi connectivity index (χ2v) is 5.38. The molecular weight excluding hydrogens is 326 g/mol. The second-order valence-electron chi connectivity index (χ2n) is 4.43. The Morgan fingerprint density at radius 1 is 1.04 bits per heavy atom. The molecule has 0 fully saturated rings. The maximum Gasteiger partial charge on any atom is 0.328 e. The van der Waals surface area contributed by atoms with E-state index in [1.54, 1.807) is 11.3 Å². The SMILES string of the molecule is NCCc1ccccc1C#Cc1cccs1.O=C(O)/C=C/C(=O)O. The Hall–Kier alpha value is -2.88. The van der Waals surface area contributed by atoms with E-state index in [9.17, 15) is 9.59 Å². The summed E-state index contributed by atoms with van der Waals surface area (Å²) in [5.74, 6) is 3.86. The highest BCUT2D eigenvalue weighted by atomic mass is 32.1. The van der Waals surface area contributed by atoms with E-state index in [1.807, 2.05) is 35.7 Å². The number of rotatable bonds is 4. The van der Waals surface area contributed by atoms with Crippen molar-refractivity contribution in [2.45, 2.75) is 6.42 Å². The van der Waals surface area contributed by atoms with E-state index in [0.717, 1.165) is 16.9 Å². The van der Waals surface area contributed by atoms with Crippen LogP contribution in [0.15, 0.2) is 53.9 Å². The van der Waals surface area contributed by atoms with Gasteiger partial charge in [-0.3, -0.25) is 0 Å². The van der Waals surface area contributed by atoms with Gasteiger partial charge in [-0.2, -0.15) is 0 Å². The fourth-order valence-corrected chi connectivity index (χ4v) is 2.21. The quantitative estimate of drug-likeness (QED) is 0.584. The Kier molecular flexibility index (Phi) is 8.61. The van der Waals surface area contributed by atoms with Gasteiger partial charge in [-0.15, -0.1) is 11.3 Å². The molecule has 0 spiro atoms. The summed E-state index contributed by atoms with van der Waals surface area (Å²) in [6.45, 7) is 0.664. The lowest BCUT2D eigenvalue weighted by atomic mass is 10.1. The second kappa shape index (κ2) is 10.8. The van der Waals surface area contributed by atoms with Crippen molar-refractivity contribution in [3.8, 4) is 11.8 Å². The van der Waals surface area contributed by atoms with E-state index in [0.29, 0.717) is 18.7 Å². The summed E-state index contributed by atoms with van der Waals surface area (Å²) >= 11 is 1.66. The Balaban J connectivity index is 0.000000307. The van der Waals surface area contributed by atoms with Gasteiger partial charge in [-0.25, -0.2) is 9.59 Å². The molecule has 0 aliphatic rings. The summed E-state index contributed by atoms with van der Waals surface area (Å²) in [7, 11) is 0. The molecule has 2 rings (SSSR count). The Labute approximate surface area is 144 Å². The van der Waals surface area contributed by atoms with Crippen LogP contribution in [0, 0.1) is 11.8 Å². The number of carbonyl (C=O) groups is 2. The minimum Gasteiger partial charge on any atom is -0.478 e. The third-order valence-corrected chi connectivity index (χ3v) is 3.43. The van der Waals surface area contributed by atoms with Gasteiger partial charge in [0.1, 0.15) is 0 Å². The number of aliphatic carboxylic acids is 2. The van der Waals surface area contributed by atoms with Crippen LogP contribution in [0.1, 0.15) is 16.0 Å². The Bertz CT molecular complexity index is 739. The molecule has 24 heavy (non-hydrogen) atoms. The lowest BCUT2D eigenvalue weighted by Gasteiger charge is -2.01. The van der Waals surface area contributed by atoms with Gasteiger partial charge in [-0.1, -0.05) is 36.1 Å². The highest BCUT2D eigenvalue weighted by Crippen LogP contribution is 2.10. The van der Waals surface area contributed by atoms with Crippen LogP contribution in [-0.2, 0) is 16.0 Å². The Morgan fingerprint density at radius 3 is 2.25 bits per heavy atom. The molecule has 6 heteroatoms. The highest BCUT2D eigenvalue weighted by Gasteiger charge is 1.97. The topological polar surface area (TPSA) is 101 Å². The van der Waals surface area contributed by atoms with Crippen molar-refractivity contribution in [1.82, 2.24) is 0 Å². The van der Waals surface area contributed by atoms with Gasteiger partial charge >= 0.3 is 11.9 Å². The van der Waals surface area contributed by atoms with Crippen LogP contribution in [0.4, 0.5) is 0 Å². The van der Waals surface area contributed by atoms with E-state index in [4.69, 9.17) is 15.9 Å². The molecule has 0 unspecified atom stereocenters. The molecule has 4 N–H and O–H groups in total. The predicted molar refractivity (Wildman–Crippen MR) is 93.9 cm³/mol. The first-order valence-electron chi connectivity index (χ1n) is 7.00. The number of thiophene rings is 1. The van der Waals surface area contributed by atoms with Gasteiger partial charge in [-0.05, 0) is 36.0 Å². The van der Waals surface area contributed by atoms with Crippen molar-refractivity contribution >= 4 is 23.3 Å². The van der Waals surface area contributed by atoms with E-state index in [-0.39, 0.29) is 0 Å². The highest BCUT2D eigenvalue weighted by molar-refractivity contribution is 7.10. The fraction of sp³-hybridized carbons (Fsp3) is 0.111. The molecule has 5 nitrogen and oxygen atoms in total. The lowest BCUT2D eigenvalue weighted by molar-refractivity contribution is -0.134. The van der Waals surface area contributed by atoms with Gasteiger partial charge < -0.3 is 15.9 Å². The summed E-state index contributed by atoms with van der Waals surface area (Å²) in [6, 6.07) is 12.2. The summed E-state index contributed by atoms with van der Waals surface area (Å²) in [5, 5.41) is 17.7. The van der Waals surface area contributed by atoms with Crippen LogP contribution < -0.4 is 5.73 Å². The summed E-state index contributed by atoms with van der Waals surface area (Å²) in [6.07, 6.45) is 2.00. The average molecular weight is 343 g/mol. The first-order chi connectivity index (χ1) is 11.5. The molecule has 2 aromatic rings. The summed E-state index contributed by atoms with van der Waals surface area (Å²) in [4.78, 5) is 20.2. The van der Waals surface area contributed by atoms with Gasteiger partial charge in [0.15, 0.2) is 0 Å². The molecule has 1 heterocycles. The summed E-state index contributed by atoms with van der Waals surface area (Å²) in [5.41, 5.74) is 7.89. The van der Waals surface area contributed by atoms with E-state index >= 15 is 0 Å². The third kappa shape index (κ3) is 7.94. The smallest absolute Gasteiger partial charge is 0.328 e. The standard InChI is InChI=1S/C14H13NS.C4H4O4/c15-10-9-13-5-2-1-4-12(13)7-8-14-6-3-11-16-14;5-3(6)1-2-4(7)8/h1-6,11H,9-10,15H2;1-2H,(H,5,6)(H,7,8)/b;2-1+. The molecule has 0 aliphatic carbocycles. The maximum absolute atomic E-state index is 9.55. The molecule has 0 aliphatic heterocycles. The molecule has 124 valence electrons. The van der Waals surface area contributed by atoms with Crippen molar-refractivity contribution in [2.75, 3.05) is 6.54 Å². The zero-order valence-electron chi connectivity index (χ0n) is 12.8. The van der Waals surface area contributed by atoms with Crippen molar-refractivity contribution in [2.24, 2.45) is 5.73 Å². The number of hydrogen-bond donors (Lipinski definition) is 3. The van der Waals surface area contributed by atoms with E-state index in [2.05, 4.69) is 17.9 Å². The lowest BCUT2D eigenvalue weighted by Crippen LogP contribution is -2.03. The third-order valence-electron chi connectivity index (χ3n) is 2.64. The molecule has 0 bridgehead atoms. The van der Waals surface area contributed by atoms with Crippen LogP contribution >= 0.6 is 11.3 Å². The average Bonchev–Trinajstić information content (AvgIpc) is 3.06. The first-order valence-corrected chi connectivity index (χ1v) is 7.88. The van der Waals surface area contributed by atoms with E-state index < -0.39 is 11.9 Å². The van der Waals surface area contributed by atoms with Crippen molar-refractivity contribution in [3.05, 3.63) is 69.9 Å². The van der Waals surface area contributed by atoms with Gasteiger partial charge in [0.25, 0.3) is 0 Å². The molecule has 0 saturated carbocycles. The number of hydrogen-bond acceptors (Lipinski definition) is 4. The van der Waals surface area contributed by atoms with Gasteiger partial charge in [0, 0.05) is 17.7 Å². The minimum atomic E-state index is -1.26. The van der Waals surface area contributed by atoms with Crippen molar-refractivity contribution in [1.29, 1.82) is 0 Å². The number of carboxylic acid groups (broad SMARTS) is 2. The predicted octanol–water partition coefficient (Wildman–Crippen LogP) is 2.36. The first kappa shape index (κ1) is 19.2. The fourth-order valence-electron chi connectivity index (χ4n) is 1.64. The van der Waals surface area contributed by atoms with Crippen LogP contribution in [0.5, 0.6) is 0 Å². The van der Waals surface area contributed by atoms with Gasteiger partial charge in [0.2, 0.25) is 0 Å². The normalized spacial score (nSPS) is 9.54. The number of nitrogens with two attached hydrogens (primary N) is 1. The molecular formula is C18H17NO4S. The largest absolute Gasteiger partial charge is 0.478 e. The number of carboxylic acids is 2. The molecule has 1 aromatic carbocycles. The minimum absolute atomic E-state index is 0.558. The summed E-state index contributed by atoms with van der Waals surface area (Å²) < 4.78 is 0.